The number of nitrogens with zero attached hydrogens (tertiary/aromatic N) is 1. The topological polar surface area (TPSA) is 69.6 Å². The Hall–Kier alpha value is -1.95. The monoisotopic (exact) mass is 278 g/mol. The fourth-order valence-corrected chi connectivity index (χ4v) is 2.94. The number of piperidine rings is 1. The number of carbonyl (C=O) groups is 2. The zero-order valence-electron chi connectivity index (χ0n) is 10.8. The number of amides is 1. The number of nitrogens with one attached hydrogen (secondary N) is 1. The number of aromatic carboxylic acids is 1. The summed E-state index contributed by atoms with van der Waals surface area (Å²) in [7, 11) is 0. The second-order valence-corrected chi connectivity index (χ2v) is 5.28. The van der Waals surface area contributed by atoms with Crippen molar-refractivity contribution in [3.63, 3.8) is 0 Å². The number of hydrogen-bond acceptors (Lipinski definition) is 3. The molecule has 0 bridgehead atoms. The number of benzene rings is 1. The van der Waals surface area contributed by atoms with Crippen molar-refractivity contribution in [2.45, 2.75) is 12.1 Å². The molecular weight excluding hydrogens is 263 g/mol. The molecule has 0 spiro atoms. The van der Waals surface area contributed by atoms with E-state index in [2.05, 4.69) is 5.32 Å². The number of carbonyl (C=O) groups excluding carboxylic acids is 1. The highest BCUT2D eigenvalue weighted by Gasteiger charge is 2.56. The quantitative estimate of drug-likeness (QED) is 0.848. The van der Waals surface area contributed by atoms with Gasteiger partial charge >= 0.3 is 5.97 Å². The van der Waals surface area contributed by atoms with Gasteiger partial charge in [0.15, 0.2) is 5.67 Å². The van der Waals surface area contributed by atoms with Crippen molar-refractivity contribution in [2.24, 2.45) is 5.92 Å². The van der Waals surface area contributed by atoms with Crippen LogP contribution in [-0.2, 0) is 4.79 Å². The molecule has 1 aromatic rings. The zero-order valence-corrected chi connectivity index (χ0v) is 10.8. The second-order valence-electron chi connectivity index (χ2n) is 5.28. The van der Waals surface area contributed by atoms with E-state index < -0.39 is 17.5 Å². The minimum absolute atomic E-state index is 0.148. The molecule has 5 nitrogen and oxygen atoms in total. The van der Waals surface area contributed by atoms with Crippen molar-refractivity contribution < 1.29 is 19.1 Å². The van der Waals surface area contributed by atoms with Crippen molar-refractivity contribution >= 4 is 17.6 Å². The first-order chi connectivity index (χ1) is 9.52. The van der Waals surface area contributed by atoms with Gasteiger partial charge in [-0.15, -0.1) is 0 Å². The summed E-state index contributed by atoms with van der Waals surface area (Å²) >= 11 is 0. The van der Waals surface area contributed by atoms with E-state index in [1.807, 2.05) is 0 Å². The van der Waals surface area contributed by atoms with E-state index in [0.717, 1.165) is 0 Å². The van der Waals surface area contributed by atoms with Gasteiger partial charge in [-0.25, -0.2) is 9.18 Å². The van der Waals surface area contributed by atoms with Crippen molar-refractivity contribution in [3.05, 3.63) is 29.8 Å². The lowest BCUT2D eigenvalue weighted by Crippen LogP contribution is -2.49. The van der Waals surface area contributed by atoms with Gasteiger partial charge in [-0.1, -0.05) is 0 Å². The van der Waals surface area contributed by atoms with E-state index in [9.17, 15) is 14.0 Å². The molecule has 0 radical (unpaired) electrons. The highest BCUT2D eigenvalue weighted by atomic mass is 19.1. The normalized spacial score (nSPS) is 29.4. The van der Waals surface area contributed by atoms with Crippen LogP contribution in [0.15, 0.2) is 24.3 Å². The molecule has 1 aromatic carbocycles. The van der Waals surface area contributed by atoms with Gasteiger partial charge in [-0.3, -0.25) is 4.79 Å². The summed E-state index contributed by atoms with van der Waals surface area (Å²) in [6.07, 6.45) is 0.195. The van der Waals surface area contributed by atoms with Crippen molar-refractivity contribution in [3.8, 4) is 0 Å². The third kappa shape index (κ3) is 1.87. The van der Waals surface area contributed by atoms with Gasteiger partial charge in [-0.2, -0.15) is 0 Å². The Bertz CT molecular complexity index is 560. The Labute approximate surface area is 115 Å². The van der Waals surface area contributed by atoms with Crippen molar-refractivity contribution in [1.82, 2.24) is 5.32 Å². The first kappa shape index (κ1) is 13.1. The third-order valence-corrected chi connectivity index (χ3v) is 4.13. The molecule has 106 valence electrons. The van der Waals surface area contributed by atoms with Crippen LogP contribution in [0.25, 0.3) is 0 Å². The summed E-state index contributed by atoms with van der Waals surface area (Å²) in [6, 6.07) is 5.96. The average molecular weight is 278 g/mol. The Morgan fingerprint density at radius 3 is 2.70 bits per heavy atom. The minimum atomic E-state index is -1.78. The lowest BCUT2D eigenvalue weighted by molar-refractivity contribution is -0.130. The molecule has 2 fully saturated rings. The highest BCUT2D eigenvalue weighted by molar-refractivity contribution is 6.02. The molecule has 0 aliphatic carbocycles. The minimum Gasteiger partial charge on any atom is -0.478 e. The number of carboxylic acid groups (broad SMARTS) is 1. The molecule has 2 saturated heterocycles. The van der Waals surface area contributed by atoms with Crippen LogP contribution in [0.5, 0.6) is 0 Å². The van der Waals surface area contributed by atoms with Gasteiger partial charge in [0.05, 0.1) is 5.56 Å². The predicted octanol–water partition coefficient (Wildman–Crippen LogP) is 1.05. The molecule has 1 amide bonds. The zero-order chi connectivity index (χ0) is 14.3. The highest BCUT2D eigenvalue weighted by Crippen LogP contribution is 2.39. The van der Waals surface area contributed by atoms with E-state index >= 15 is 0 Å². The summed E-state index contributed by atoms with van der Waals surface area (Å²) in [5.74, 6) is -1.88. The van der Waals surface area contributed by atoms with Gasteiger partial charge in [0.1, 0.15) is 0 Å². The largest absolute Gasteiger partial charge is 0.478 e. The van der Waals surface area contributed by atoms with E-state index in [4.69, 9.17) is 5.11 Å². The first-order valence-corrected chi connectivity index (χ1v) is 6.57. The Balaban J connectivity index is 1.88. The number of anilines is 1. The number of hydrogen-bond donors (Lipinski definition) is 2. The van der Waals surface area contributed by atoms with Gasteiger partial charge in [0, 0.05) is 31.1 Å². The smallest absolute Gasteiger partial charge is 0.335 e. The fraction of sp³-hybridized carbons (Fsp3) is 0.429. The third-order valence-electron chi connectivity index (χ3n) is 4.13. The molecule has 2 heterocycles. The van der Waals surface area contributed by atoms with Crippen LogP contribution < -0.4 is 10.2 Å². The predicted molar refractivity (Wildman–Crippen MR) is 70.6 cm³/mol. The number of halogens is 1. The van der Waals surface area contributed by atoms with E-state index in [1.54, 1.807) is 12.1 Å². The van der Waals surface area contributed by atoms with E-state index in [0.29, 0.717) is 25.3 Å². The molecule has 0 unspecified atom stereocenters. The molecule has 0 saturated carbocycles. The Kier molecular flexibility index (Phi) is 2.97. The van der Waals surface area contributed by atoms with Crippen LogP contribution in [-0.4, -0.2) is 42.3 Å². The Morgan fingerprint density at radius 2 is 2.10 bits per heavy atom. The van der Waals surface area contributed by atoms with Gasteiger partial charge < -0.3 is 15.3 Å². The SMILES string of the molecule is O=C(O)c1ccc(N2C[C@@H]3CNCC[C@]3(F)C2=O)cc1. The van der Waals surface area contributed by atoms with Gasteiger partial charge in [0.2, 0.25) is 0 Å². The van der Waals surface area contributed by atoms with Crippen LogP contribution >= 0.6 is 0 Å². The molecule has 20 heavy (non-hydrogen) atoms. The van der Waals surface area contributed by atoms with Gasteiger partial charge in [-0.05, 0) is 30.8 Å². The number of carboxylic acids is 1. The summed E-state index contributed by atoms with van der Waals surface area (Å²) < 4.78 is 14.8. The summed E-state index contributed by atoms with van der Waals surface area (Å²) in [5, 5.41) is 12.0. The maximum atomic E-state index is 14.8. The summed E-state index contributed by atoms with van der Waals surface area (Å²) in [4.78, 5) is 24.5. The number of fused-ring (bicyclic) bond motifs is 1. The Morgan fingerprint density at radius 1 is 1.40 bits per heavy atom. The first-order valence-electron chi connectivity index (χ1n) is 6.57. The van der Waals surface area contributed by atoms with Crippen LogP contribution in [0.4, 0.5) is 10.1 Å². The molecule has 2 N–H and O–H groups in total. The number of alkyl halides is 1. The lowest BCUT2D eigenvalue weighted by atomic mass is 9.86. The van der Waals surface area contributed by atoms with Crippen LogP contribution in [0.3, 0.4) is 0 Å². The molecule has 3 rings (SSSR count). The molecule has 6 heteroatoms. The fourth-order valence-electron chi connectivity index (χ4n) is 2.94. The molecular formula is C14H15FN2O3. The number of rotatable bonds is 2. The second kappa shape index (κ2) is 4.56. The van der Waals surface area contributed by atoms with Crippen LogP contribution in [0, 0.1) is 5.92 Å². The lowest BCUT2D eigenvalue weighted by Gasteiger charge is -2.29. The summed E-state index contributed by atoms with van der Waals surface area (Å²) in [5.41, 5.74) is -1.09. The maximum Gasteiger partial charge on any atom is 0.335 e. The van der Waals surface area contributed by atoms with Crippen molar-refractivity contribution in [1.29, 1.82) is 0 Å². The van der Waals surface area contributed by atoms with Crippen LogP contribution in [0.2, 0.25) is 0 Å². The van der Waals surface area contributed by atoms with Crippen molar-refractivity contribution in [2.75, 3.05) is 24.5 Å². The average Bonchev–Trinajstić information content (AvgIpc) is 2.72. The van der Waals surface area contributed by atoms with E-state index in [1.165, 1.54) is 17.0 Å². The molecule has 0 aromatic heterocycles. The van der Waals surface area contributed by atoms with Crippen LogP contribution in [0.1, 0.15) is 16.8 Å². The molecule has 2 aliphatic heterocycles. The molecule has 2 aliphatic rings. The summed E-state index contributed by atoms with van der Waals surface area (Å²) in [6.45, 7) is 1.32. The van der Waals surface area contributed by atoms with E-state index in [-0.39, 0.29) is 17.9 Å². The standard InChI is InChI=1S/C14H15FN2O3/c15-14-5-6-16-7-10(14)8-17(13(14)20)11-3-1-9(2-4-11)12(18)19/h1-4,10,16H,5-8H2,(H,18,19)/t10-,14+/m0/s1. The maximum absolute atomic E-state index is 14.8. The van der Waals surface area contributed by atoms with Gasteiger partial charge in [0.25, 0.3) is 5.91 Å². The molecule has 2 atom stereocenters.